The van der Waals surface area contributed by atoms with Gasteiger partial charge in [0, 0.05) is 31.0 Å². The molecule has 0 radical (unpaired) electrons. The number of likely N-dealkylation sites (tertiary alicyclic amines) is 1. The number of carbonyl (C=O) groups is 3. The van der Waals surface area contributed by atoms with Crippen LogP contribution < -0.4 is 0 Å². The van der Waals surface area contributed by atoms with E-state index in [0.29, 0.717) is 13.1 Å². The first-order valence-electron chi connectivity index (χ1n) is 10.4. The average Bonchev–Trinajstić information content (AvgIpc) is 3.12. The third-order valence-electron chi connectivity index (χ3n) is 6.05. The lowest BCUT2D eigenvalue weighted by Crippen LogP contribution is -2.45. The molecule has 4 heteroatoms. The van der Waals surface area contributed by atoms with Gasteiger partial charge in [-0.2, -0.15) is 0 Å². The third-order valence-corrected chi connectivity index (χ3v) is 6.05. The van der Waals surface area contributed by atoms with Crippen molar-refractivity contribution in [1.82, 2.24) is 4.90 Å². The topological polar surface area (TPSA) is 54.5 Å². The van der Waals surface area contributed by atoms with Crippen LogP contribution in [0.4, 0.5) is 0 Å². The van der Waals surface area contributed by atoms with Crippen molar-refractivity contribution in [3.05, 3.63) is 47.0 Å². The summed E-state index contributed by atoms with van der Waals surface area (Å²) in [4.78, 5) is 39.6. The molecule has 0 aromatic heterocycles. The molecule has 1 amide bonds. The maximum atomic E-state index is 13.3. The zero-order chi connectivity index (χ0) is 19.8. The molecule has 1 heterocycles. The zero-order valence-electron chi connectivity index (χ0n) is 16.7. The minimum Gasteiger partial charge on any atom is -0.335 e. The van der Waals surface area contributed by atoms with Gasteiger partial charge in [-0.05, 0) is 53.5 Å². The fraction of sp³-hybridized carbons (Fsp3) is 0.458. The molecule has 0 N–H and O–H groups in total. The fourth-order valence-electron chi connectivity index (χ4n) is 4.69. The number of nitrogens with zero attached hydrogens (tertiary/aromatic N) is 1. The van der Waals surface area contributed by atoms with Crippen molar-refractivity contribution in [3.8, 4) is 0 Å². The Morgan fingerprint density at radius 1 is 1.07 bits per heavy atom. The second-order valence-electron chi connectivity index (χ2n) is 8.59. The quantitative estimate of drug-likeness (QED) is 0.585. The Bertz CT molecular complexity index is 949. The number of piperidine rings is 1. The van der Waals surface area contributed by atoms with Crippen LogP contribution in [0.1, 0.15) is 54.6 Å². The van der Waals surface area contributed by atoms with E-state index < -0.39 is 5.91 Å². The van der Waals surface area contributed by atoms with Gasteiger partial charge in [-0.3, -0.25) is 14.4 Å². The van der Waals surface area contributed by atoms with Gasteiger partial charge in [-0.1, -0.05) is 44.2 Å². The highest BCUT2D eigenvalue weighted by atomic mass is 16.2. The number of rotatable bonds is 5. The lowest BCUT2D eigenvalue weighted by Gasteiger charge is -2.32. The van der Waals surface area contributed by atoms with Crippen LogP contribution in [0.5, 0.6) is 0 Å². The van der Waals surface area contributed by atoms with Crippen LogP contribution in [-0.4, -0.2) is 35.5 Å². The van der Waals surface area contributed by atoms with Gasteiger partial charge in [0.15, 0.2) is 5.78 Å². The Kier molecular flexibility index (Phi) is 5.05. The van der Waals surface area contributed by atoms with Crippen molar-refractivity contribution < 1.29 is 14.4 Å². The molecule has 146 valence electrons. The highest BCUT2D eigenvalue weighted by Gasteiger charge is 2.32. The summed E-state index contributed by atoms with van der Waals surface area (Å²) in [6, 6.07) is 10.3. The van der Waals surface area contributed by atoms with Crippen molar-refractivity contribution in [2.75, 3.05) is 13.1 Å². The van der Waals surface area contributed by atoms with Crippen molar-refractivity contribution in [1.29, 1.82) is 0 Å². The molecule has 1 saturated heterocycles. The van der Waals surface area contributed by atoms with Crippen molar-refractivity contribution in [2.24, 2.45) is 11.8 Å². The van der Waals surface area contributed by atoms with Crippen LogP contribution in [0.3, 0.4) is 0 Å². The number of aryl methyl sites for hydroxylation is 2. The molecular weight excluding hydrogens is 350 g/mol. The van der Waals surface area contributed by atoms with E-state index in [1.165, 1.54) is 16.5 Å². The highest BCUT2D eigenvalue weighted by Crippen LogP contribution is 2.34. The Balaban J connectivity index is 1.57. The SMILES string of the molecule is CC(C)CC(=O)C(=O)N1CCCC(C(=O)c2ccc3c4c(cccc24)CC3)C1. The summed E-state index contributed by atoms with van der Waals surface area (Å²) in [6.45, 7) is 4.79. The maximum Gasteiger partial charge on any atom is 0.289 e. The number of amides is 1. The summed E-state index contributed by atoms with van der Waals surface area (Å²) in [5, 5.41) is 2.28. The summed E-state index contributed by atoms with van der Waals surface area (Å²) in [5.74, 6) is -0.736. The van der Waals surface area contributed by atoms with E-state index in [0.717, 1.165) is 36.6 Å². The summed E-state index contributed by atoms with van der Waals surface area (Å²) >= 11 is 0. The summed E-state index contributed by atoms with van der Waals surface area (Å²) in [6.07, 6.45) is 3.87. The van der Waals surface area contributed by atoms with Gasteiger partial charge in [0.1, 0.15) is 0 Å². The molecule has 2 aromatic rings. The molecule has 4 nitrogen and oxygen atoms in total. The maximum absolute atomic E-state index is 13.3. The van der Waals surface area contributed by atoms with Gasteiger partial charge < -0.3 is 4.90 Å². The number of hydrogen-bond acceptors (Lipinski definition) is 3. The molecular formula is C24H27NO3. The smallest absolute Gasteiger partial charge is 0.289 e. The minimum atomic E-state index is -0.424. The van der Waals surface area contributed by atoms with E-state index in [4.69, 9.17) is 0 Å². The monoisotopic (exact) mass is 377 g/mol. The Morgan fingerprint density at radius 2 is 1.82 bits per heavy atom. The van der Waals surface area contributed by atoms with Crippen LogP contribution in [0.25, 0.3) is 10.8 Å². The molecule has 2 aliphatic rings. The largest absolute Gasteiger partial charge is 0.335 e. The van der Waals surface area contributed by atoms with Crippen molar-refractivity contribution in [3.63, 3.8) is 0 Å². The molecule has 1 aliphatic carbocycles. The van der Waals surface area contributed by atoms with E-state index in [2.05, 4.69) is 12.1 Å². The normalized spacial score (nSPS) is 18.7. The number of ketones is 2. The molecule has 0 saturated carbocycles. The Morgan fingerprint density at radius 3 is 2.57 bits per heavy atom. The van der Waals surface area contributed by atoms with Crippen LogP contribution in [0.15, 0.2) is 30.3 Å². The summed E-state index contributed by atoms with van der Waals surface area (Å²) in [5.41, 5.74) is 3.40. The van der Waals surface area contributed by atoms with Crippen molar-refractivity contribution in [2.45, 2.75) is 46.0 Å². The van der Waals surface area contributed by atoms with E-state index in [1.54, 1.807) is 4.90 Å². The number of Topliss-reactive ketones (excluding diaryl/α,β-unsaturated/α-hetero) is 2. The van der Waals surface area contributed by atoms with Crippen LogP contribution in [0.2, 0.25) is 0 Å². The number of carbonyl (C=O) groups excluding carboxylic acids is 3. The predicted molar refractivity (Wildman–Crippen MR) is 109 cm³/mol. The molecule has 1 aliphatic heterocycles. The molecule has 0 spiro atoms. The standard InChI is InChI=1S/C24H27NO3/c1-15(2)13-21(26)24(28)25-12-4-6-18(14-25)23(27)20-11-10-17-9-8-16-5-3-7-19(20)22(16)17/h3,5,7,10-11,15,18H,4,6,8-9,12-14H2,1-2H3. The molecule has 1 unspecified atom stereocenters. The lowest BCUT2D eigenvalue weighted by molar-refractivity contribution is -0.146. The zero-order valence-corrected chi connectivity index (χ0v) is 16.7. The molecule has 0 bridgehead atoms. The second-order valence-corrected chi connectivity index (χ2v) is 8.59. The predicted octanol–water partition coefficient (Wildman–Crippen LogP) is 3.97. The second kappa shape index (κ2) is 7.50. The van der Waals surface area contributed by atoms with Crippen molar-refractivity contribution >= 4 is 28.2 Å². The van der Waals surface area contributed by atoms with Crippen LogP contribution in [-0.2, 0) is 22.4 Å². The van der Waals surface area contributed by atoms with E-state index >= 15 is 0 Å². The molecule has 4 rings (SSSR count). The van der Waals surface area contributed by atoms with Crippen LogP contribution >= 0.6 is 0 Å². The molecule has 28 heavy (non-hydrogen) atoms. The first-order valence-corrected chi connectivity index (χ1v) is 10.4. The molecule has 1 fully saturated rings. The third kappa shape index (κ3) is 3.36. The summed E-state index contributed by atoms with van der Waals surface area (Å²) in [7, 11) is 0. The van der Waals surface area contributed by atoms with Gasteiger partial charge >= 0.3 is 0 Å². The van der Waals surface area contributed by atoms with Gasteiger partial charge in [-0.25, -0.2) is 0 Å². The van der Waals surface area contributed by atoms with E-state index in [9.17, 15) is 14.4 Å². The van der Waals surface area contributed by atoms with Gasteiger partial charge in [0.2, 0.25) is 5.78 Å². The van der Waals surface area contributed by atoms with E-state index in [1.807, 2.05) is 32.0 Å². The Hall–Kier alpha value is -2.49. The first kappa shape index (κ1) is 18.9. The van der Waals surface area contributed by atoms with Gasteiger partial charge in [-0.15, -0.1) is 0 Å². The first-order chi connectivity index (χ1) is 13.5. The number of hydrogen-bond donors (Lipinski definition) is 0. The van der Waals surface area contributed by atoms with Crippen LogP contribution in [0, 0.1) is 11.8 Å². The number of benzene rings is 2. The van der Waals surface area contributed by atoms with Gasteiger partial charge in [0.05, 0.1) is 0 Å². The highest BCUT2D eigenvalue weighted by molar-refractivity contribution is 6.36. The van der Waals surface area contributed by atoms with E-state index in [-0.39, 0.29) is 29.8 Å². The summed E-state index contributed by atoms with van der Waals surface area (Å²) < 4.78 is 0. The average molecular weight is 377 g/mol. The van der Waals surface area contributed by atoms with Gasteiger partial charge in [0.25, 0.3) is 5.91 Å². The molecule has 1 atom stereocenters. The Labute approximate surface area is 165 Å². The fourth-order valence-corrected chi connectivity index (χ4v) is 4.69. The molecule has 2 aromatic carbocycles. The lowest BCUT2D eigenvalue weighted by atomic mass is 9.87. The minimum absolute atomic E-state index is 0.101.